The molecule has 0 radical (unpaired) electrons. The molecular formula is C28H25IN2O5S. The van der Waals surface area contributed by atoms with Crippen LogP contribution < -0.4 is 14.8 Å². The van der Waals surface area contributed by atoms with Gasteiger partial charge in [0.25, 0.3) is 11.1 Å². The first kappa shape index (κ1) is 26.7. The topological polar surface area (TPSA) is 84.9 Å². The van der Waals surface area contributed by atoms with E-state index < -0.39 is 17.1 Å². The van der Waals surface area contributed by atoms with E-state index in [-0.39, 0.29) is 11.4 Å². The maximum Gasteiger partial charge on any atom is 0.294 e. The molecule has 1 heterocycles. The van der Waals surface area contributed by atoms with E-state index in [0.717, 1.165) is 36.9 Å². The van der Waals surface area contributed by atoms with Gasteiger partial charge in [-0.2, -0.15) is 0 Å². The SMILES string of the molecule is COc1cc(/C=C2/SC(=O)N(CC(=O)Nc3cc(C)cc(C)c3)C2=O)cc(I)c1OCc1ccccc1. The van der Waals surface area contributed by atoms with Gasteiger partial charge in [-0.05, 0) is 101 Å². The second kappa shape index (κ2) is 11.8. The summed E-state index contributed by atoms with van der Waals surface area (Å²) in [6.07, 6.45) is 1.62. The number of carbonyl (C=O) groups is 3. The molecule has 1 aliphatic rings. The number of nitrogens with zero attached hydrogens (tertiary/aromatic N) is 1. The molecule has 37 heavy (non-hydrogen) atoms. The number of imide groups is 1. The number of ether oxygens (including phenoxy) is 2. The summed E-state index contributed by atoms with van der Waals surface area (Å²) in [6.45, 7) is 3.89. The lowest BCUT2D eigenvalue weighted by atomic mass is 10.1. The number of carbonyl (C=O) groups excluding carboxylic acids is 3. The normalized spacial score (nSPS) is 14.3. The quantitative estimate of drug-likeness (QED) is 0.237. The van der Waals surface area contributed by atoms with E-state index in [1.807, 2.05) is 68.4 Å². The number of hydrogen-bond acceptors (Lipinski definition) is 6. The molecule has 1 N–H and O–H groups in total. The Morgan fingerprint density at radius 2 is 1.76 bits per heavy atom. The molecule has 3 aromatic rings. The summed E-state index contributed by atoms with van der Waals surface area (Å²) in [5.74, 6) is 0.162. The Kier molecular flexibility index (Phi) is 8.55. The molecule has 1 aliphatic heterocycles. The number of thioether (sulfide) groups is 1. The van der Waals surface area contributed by atoms with E-state index >= 15 is 0 Å². The van der Waals surface area contributed by atoms with Crippen LogP contribution in [0.4, 0.5) is 10.5 Å². The zero-order chi connectivity index (χ0) is 26.5. The Hall–Kier alpha value is -3.31. The molecule has 0 unspecified atom stereocenters. The molecule has 0 aliphatic carbocycles. The van der Waals surface area contributed by atoms with Crippen molar-refractivity contribution in [2.75, 3.05) is 19.0 Å². The maximum absolute atomic E-state index is 13.0. The molecule has 0 spiro atoms. The van der Waals surface area contributed by atoms with Gasteiger partial charge in [0.15, 0.2) is 11.5 Å². The highest BCUT2D eigenvalue weighted by atomic mass is 127. The fraction of sp³-hybridized carbons (Fsp3) is 0.179. The van der Waals surface area contributed by atoms with Crippen molar-refractivity contribution < 1.29 is 23.9 Å². The molecule has 9 heteroatoms. The Morgan fingerprint density at radius 1 is 1.05 bits per heavy atom. The van der Waals surface area contributed by atoms with Crippen LogP contribution in [0.25, 0.3) is 6.08 Å². The summed E-state index contributed by atoms with van der Waals surface area (Å²) in [4.78, 5) is 39.3. The number of rotatable bonds is 8. The molecule has 1 fully saturated rings. The molecule has 190 valence electrons. The predicted octanol–water partition coefficient (Wildman–Crippen LogP) is 6.17. The van der Waals surface area contributed by atoms with E-state index in [9.17, 15) is 14.4 Å². The van der Waals surface area contributed by atoms with Crippen LogP contribution in [0, 0.1) is 17.4 Å². The highest BCUT2D eigenvalue weighted by molar-refractivity contribution is 14.1. The van der Waals surface area contributed by atoms with Gasteiger partial charge in [0, 0.05) is 5.69 Å². The lowest BCUT2D eigenvalue weighted by Crippen LogP contribution is -2.36. The van der Waals surface area contributed by atoms with Crippen molar-refractivity contribution in [2.24, 2.45) is 0 Å². The molecule has 1 saturated heterocycles. The third-order valence-corrected chi connectivity index (χ3v) is 7.16. The van der Waals surface area contributed by atoms with Crippen molar-refractivity contribution in [1.29, 1.82) is 0 Å². The van der Waals surface area contributed by atoms with E-state index in [1.165, 1.54) is 0 Å². The summed E-state index contributed by atoms with van der Waals surface area (Å²) in [7, 11) is 1.55. The number of aryl methyl sites for hydroxylation is 2. The van der Waals surface area contributed by atoms with Gasteiger partial charge in [-0.3, -0.25) is 19.3 Å². The molecule has 3 amide bonds. The first-order valence-corrected chi connectivity index (χ1v) is 13.3. The minimum absolute atomic E-state index is 0.236. The number of methoxy groups -OCH3 is 1. The van der Waals surface area contributed by atoms with Crippen molar-refractivity contribution in [3.63, 3.8) is 0 Å². The Bertz CT molecular complexity index is 1370. The smallest absolute Gasteiger partial charge is 0.294 e. The lowest BCUT2D eigenvalue weighted by Gasteiger charge is -2.14. The van der Waals surface area contributed by atoms with Crippen LogP contribution in [-0.2, 0) is 16.2 Å². The molecule has 0 bridgehead atoms. The van der Waals surface area contributed by atoms with Gasteiger partial charge in [0.1, 0.15) is 13.2 Å². The lowest BCUT2D eigenvalue weighted by molar-refractivity contribution is -0.127. The maximum atomic E-state index is 13.0. The second-order valence-corrected chi connectivity index (χ2v) is 10.7. The molecule has 0 atom stereocenters. The molecule has 4 rings (SSSR count). The van der Waals surface area contributed by atoms with Gasteiger partial charge >= 0.3 is 0 Å². The standard InChI is InChI=1S/C28H25IN2O5S/c1-17-9-18(2)11-21(10-17)30-25(32)15-31-27(33)24(37-28(31)34)14-20-12-22(29)26(23(13-20)35-3)36-16-19-7-5-4-6-8-19/h4-14H,15-16H2,1-3H3,(H,30,32)/b24-14+. The number of halogens is 1. The zero-order valence-corrected chi connectivity index (χ0v) is 23.5. The van der Waals surface area contributed by atoms with Crippen molar-refractivity contribution in [3.05, 3.63) is 91.4 Å². The van der Waals surface area contributed by atoms with Crippen molar-refractivity contribution >= 4 is 63.2 Å². The molecule has 7 nitrogen and oxygen atoms in total. The number of benzene rings is 3. The summed E-state index contributed by atoms with van der Waals surface area (Å²) in [6, 6.07) is 19.1. The van der Waals surface area contributed by atoms with Crippen LogP contribution in [0.1, 0.15) is 22.3 Å². The van der Waals surface area contributed by atoms with Gasteiger partial charge in [0.2, 0.25) is 5.91 Å². The average molecular weight is 628 g/mol. The zero-order valence-electron chi connectivity index (χ0n) is 20.5. The summed E-state index contributed by atoms with van der Waals surface area (Å²) < 4.78 is 12.3. The van der Waals surface area contributed by atoms with Gasteiger partial charge in [0.05, 0.1) is 15.6 Å². The van der Waals surface area contributed by atoms with Crippen LogP contribution >= 0.6 is 34.4 Å². The minimum Gasteiger partial charge on any atom is -0.493 e. The first-order valence-electron chi connectivity index (χ1n) is 11.4. The van der Waals surface area contributed by atoms with Gasteiger partial charge in [-0.25, -0.2) is 0 Å². The van der Waals surface area contributed by atoms with Crippen LogP contribution in [0.15, 0.2) is 65.6 Å². The highest BCUT2D eigenvalue weighted by Gasteiger charge is 2.36. The Morgan fingerprint density at radius 3 is 2.43 bits per heavy atom. The van der Waals surface area contributed by atoms with Crippen LogP contribution in [0.2, 0.25) is 0 Å². The summed E-state index contributed by atoms with van der Waals surface area (Å²) in [5.41, 5.74) is 4.34. The largest absolute Gasteiger partial charge is 0.493 e. The van der Waals surface area contributed by atoms with Crippen molar-refractivity contribution in [3.8, 4) is 11.5 Å². The van der Waals surface area contributed by atoms with Crippen molar-refractivity contribution in [2.45, 2.75) is 20.5 Å². The number of anilines is 1. The third-order valence-electron chi connectivity index (χ3n) is 5.46. The van der Waals surface area contributed by atoms with E-state index in [4.69, 9.17) is 9.47 Å². The van der Waals surface area contributed by atoms with Crippen LogP contribution in [0.3, 0.4) is 0 Å². The fourth-order valence-electron chi connectivity index (χ4n) is 3.87. The fourth-order valence-corrected chi connectivity index (χ4v) is 5.49. The summed E-state index contributed by atoms with van der Waals surface area (Å²) >= 11 is 2.96. The average Bonchev–Trinajstić information content (AvgIpc) is 3.10. The third kappa shape index (κ3) is 6.72. The Balaban J connectivity index is 1.47. The van der Waals surface area contributed by atoms with Gasteiger partial charge in [-0.1, -0.05) is 36.4 Å². The first-order chi connectivity index (χ1) is 17.7. The minimum atomic E-state index is -0.510. The molecule has 0 saturated carbocycles. The second-order valence-electron chi connectivity index (χ2n) is 8.50. The summed E-state index contributed by atoms with van der Waals surface area (Å²) in [5, 5.41) is 2.27. The number of amides is 3. The molecular weight excluding hydrogens is 603 g/mol. The van der Waals surface area contributed by atoms with E-state index in [2.05, 4.69) is 27.9 Å². The predicted molar refractivity (Wildman–Crippen MR) is 154 cm³/mol. The Labute approximate surface area is 233 Å². The highest BCUT2D eigenvalue weighted by Crippen LogP contribution is 2.37. The van der Waals surface area contributed by atoms with Crippen LogP contribution in [0.5, 0.6) is 11.5 Å². The molecule has 0 aromatic heterocycles. The monoisotopic (exact) mass is 628 g/mol. The van der Waals surface area contributed by atoms with E-state index in [1.54, 1.807) is 19.3 Å². The number of hydrogen-bond donors (Lipinski definition) is 1. The van der Waals surface area contributed by atoms with Gasteiger partial charge < -0.3 is 14.8 Å². The van der Waals surface area contributed by atoms with Gasteiger partial charge in [-0.15, -0.1) is 0 Å². The van der Waals surface area contributed by atoms with Crippen LogP contribution in [-0.4, -0.2) is 35.6 Å². The van der Waals surface area contributed by atoms with Crippen molar-refractivity contribution in [1.82, 2.24) is 4.90 Å². The van der Waals surface area contributed by atoms with E-state index in [0.29, 0.717) is 29.4 Å². The molecule has 3 aromatic carbocycles. The number of nitrogens with one attached hydrogen (secondary N) is 1.